The van der Waals surface area contributed by atoms with Crippen LogP contribution < -0.4 is 10.1 Å². The fraction of sp³-hybridized carbons (Fsp3) is 0.333. The molecule has 0 aromatic carbocycles. The Kier molecular flexibility index (Phi) is 3.50. The maximum absolute atomic E-state index is 11.0. The van der Waals surface area contributed by atoms with E-state index in [1.807, 2.05) is 0 Å². The second kappa shape index (κ2) is 5.25. The first-order chi connectivity index (χ1) is 9.11. The minimum Gasteiger partial charge on any atom is -0.476 e. The zero-order valence-electron chi connectivity index (χ0n) is 10.2. The highest BCUT2D eigenvalue weighted by atomic mass is 16.6. The Morgan fingerprint density at radius 1 is 1.53 bits per heavy atom. The highest BCUT2D eigenvalue weighted by Gasteiger charge is 2.23. The van der Waals surface area contributed by atoms with Crippen LogP contribution in [-0.2, 0) is 6.54 Å². The smallest absolute Gasteiger partial charge is 0.372 e. The number of nitro groups is 1. The van der Waals surface area contributed by atoms with Crippen molar-refractivity contribution >= 4 is 11.5 Å². The van der Waals surface area contributed by atoms with Gasteiger partial charge in [0.1, 0.15) is 6.33 Å². The lowest BCUT2D eigenvalue weighted by Gasteiger charge is -2.05. The molecule has 0 aliphatic rings. The minimum atomic E-state index is -0.622. The van der Waals surface area contributed by atoms with Gasteiger partial charge in [-0.2, -0.15) is 9.97 Å². The number of ether oxygens (including phenoxy) is 1. The van der Waals surface area contributed by atoms with Gasteiger partial charge < -0.3 is 14.6 Å². The van der Waals surface area contributed by atoms with Crippen molar-refractivity contribution in [2.45, 2.75) is 13.5 Å². The van der Waals surface area contributed by atoms with Crippen LogP contribution in [0.15, 0.2) is 10.9 Å². The highest BCUT2D eigenvalue weighted by molar-refractivity contribution is 5.60. The number of aromatic nitrogens is 4. The predicted octanol–water partition coefficient (Wildman–Crippen LogP) is 0.697. The van der Waals surface area contributed by atoms with Crippen molar-refractivity contribution in [3.63, 3.8) is 0 Å². The first-order valence-corrected chi connectivity index (χ1v) is 5.18. The molecule has 0 spiro atoms. The number of hydrogen-bond donors (Lipinski definition) is 1. The summed E-state index contributed by atoms with van der Waals surface area (Å²) in [5, 5.41) is 17.4. The molecule has 0 saturated heterocycles. The van der Waals surface area contributed by atoms with Crippen molar-refractivity contribution in [2.75, 3.05) is 12.4 Å². The van der Waals surface area contributed by atoms with Gasteiger partial charge in [0.2, 0.25) is 11.7 Å². The summed E-state index contributed by atoms with van der Waals surface area (Å²) >= 11 is 0. The topological polar surface area (TPSA) is 129 Å². The van der Waals surface area contributed by atoms with E-state index in [9.17, 15) is 10.1 Å². The summed E-state index contributed by atoms with van der Waals surface area (Å²) in [6.07, 6.45) is 1.16. The standard InChI is InChI=1S/C9H10N6O4/c1-5-13-6(14-19-5)3-10-8-7(15(16)17)9(18-2)12-4-11-8/h4H,3H2,1-2H3,(H,10,11,12). The van der Waals surface area contributed by atoms with Crippen LogP contribution in [0.1, 0.15) is 11.7 Å². The summed E-state index contributed by atoms with van der Waals surface area (Å²) in [5.41, 5.74) is -0.342. The van der Waals surface area contributed by atoms with Gasteiger partial charge in [-0.25, -0.2) is 4.98 Å². The van der Waals surface area contributed by atoms with Crippen LogP contribution in [0, 0.1) is 17.0 Å². The Balaban J connectivity index is 2.22. The summed E-state index contributed by atoms with van der Waals surface area (Å²) in [6, 6.07) is 0. The van der Waals surface area contributed by atoms with Gasteiger partial charge in [-0.3, -0.25) is 10.1 Å². The lowest BCUT2D eigenvalue weighted by molar-refractivity contribution is -0.385. The molecule has 0 fully saturated rings. The van der Waals surface area contributed by atoms with Crippen LogP contribution >= 0.6 is 0 Å². The molecule has 0 amide bonds. The maximum atomic E-state index is 11.0. The largest absolute Gasteiger partial charge is 0.476 e. The number of aryl methyl sites for hydroxylation is 1. The molecule has 0 aliphatic heterocycles. The Morgan fingerprint density at radius 2 is 2.32 bits per heavy atom. The molecular weight excluding hydrogens is 256 g/mol. The molecule has 2 aromatic heterocycles. The molecule has 10 heteroatoms. The maximum Gasteiger partial charge on any atom is 0.372 e. The molecule has 1 N–H and O–H groups in total. The van der Waals surface area contributed by atoms with Crippen LogP contribution in [-0.4, -0.2) is 32.1 Å². The van der Waals surface area contributed by atoms with Gasteiger partial charge in [-0.1, -0.05) is 5.16 Å². The molecule has 0 saturated carbocycles. The summed E-state index contributed by atoms with van der Waals surface area (Å²) in [4.78, 5) is 21.8. The summed E-state index contributed by atoms with van der Waals surface area (Å²) in [7, 11) is 1.29. The Hall–Kier alpha value is -2.78. The van der Waals surface area contributed by atoms with Gasteiger partial charge in [0.25, 0.3) is 5.88 Å². The molecule has 100 valence electrons. The zero-order chi connectivity index (χ0) is 13.8. The van der Waals surface area contributed by atoms with E-state index in [1.54, 1.807) is 6.92 Å². The summed E-state index contributed by atoms with van der Waals surface area (Å²) in [6.45, 7) is 1.78. The van der Waals surface area contributed by atoms with E-state index in [4.69, 9.17) is 9.26 Å². The monoisotopic (exact) mass is 266 g/mol. The van der Waals surface area contributed by atoms with Gasteiger partial charge in [-0.15, -0.1) is 0 Å². The number of hydrogen-bond acceptors (Lipinski definition) is 9. The van der Waals surface area contributed by atoms with E-state index in [0.29, 0.717) is 11.7 Å². The van der Waals surface area contributed by atoms with Crippen LogP contribution in [0.5, 0.6) is 5.88 Å². The highest BCUT2D eigenvalue weighted by Crippen LogP contribution is 2.30. The minimum absolute atomic E-state index is 0.0271. The molecule has 0 atom stereocenters. The second-order valence-electron chi connectivity index (χ2n) is 3.42. The third kappa shape index (κ3) is 2.73. The Labute approximate surface area is 107 Å². The quantitative estimate of drug-likeness (QED) is 0.613. The lowest BCUT2D eigenvalue weighted by Crippen LogP contribution is -2.07. The zero-order valence-corrected chi connectivity index (χ0v) is 10.2. The fourth-order valence-corrected chi connectivity index (χ4v) is 1.38. The van der Waals surface area contributed by atoms with Crippen LogP contribution in [0.25, 0.3) is 0 Å². The predicted molar refractivity (Wildman–Crippen MR) is 61.6 cm³/mol. The first-order valence-electron chi connectivity index (χ1n) is 5.18. The number of rotatable bonds is 5. The van der Waals surface area contributed by atoms with Crippen molar-refractivity contribution in [1.29, 1.82) is 0 Å². The van der Waals surface area contributed by atoms with Crippen LogP contribution in [0.3, 0.4) is 0 Å². The number of nitrogens with zero attached hydrogens (tertiary/aromatic N) is 5. The van der Waals surface area contributed by atoms with Gasteiger partial charge in [0.15, 0.2) is 5.82 Å². The van der Waals surface area contributed by atoms with Crippen molar-refractivity contribution in [1.82, 2.24) is 20.1 Å². The van der Waals surface area contributed by atoms with E-state index in [0.717, 1.165) is 6.33 Å². The normalized spacial score (nSPS) is 10.2. The summed E-state index contributed by atoms with van der Waals surface area (Å²) in [5.74, 6) is 0.682. The van der Waals surface area contributed by atoms with Crippen LogP contribution in [0.4, 0.5) is 11.5 Å². The molecule has 2 rings (SSSR count). The van der Waals surface area contributed by atoms with Crippen molar-refractivity contribution in [3.8, 4) is 5.88 Å². The first kappa shape index (κ1) is 12.7. The molecule has 0 bridgehead atoms. The lowest BCUT2D eigenvalue weighted by atomic mass is 10.4. The second-order valence-corrected chi connectivity index (χ2v) is 3.42. The summed E-state index contributed by atoms with van der Waals surface area (Å²) < 4.78 is 9.60. The number of methoxy groups -OCH3 is 1. The van der Waals surface area contributed by atoms with E-state index >= 15 is 0 Å². The molecule has 2 heterocycles. The molecule has 0 aliphatic carbocycles. The van der Waals surface area contributed by atoms with Gasteiger partial charge in [0, 0.05) is 6.92 Å². The van der Waals surface area contributed by atoms with E-state index < -0.39 is 4.92 Å². The van der Waals surface area contributed by atoms with Crippen molar-refractivity contribution in [3.05, 3.63) is 28.2 Å². The van der Waals surface area contributed by atoms with Gasteiger partial charge >= 0.3 is 5.69 Å². The third-order valence-corrected chi connectivity index (χ3v) is 2.15. The van der Waals surface area contributed by atoms with E-state index in [-0.39, 0.29) is 23.9 Å². The van der Waals surface area contributed by atoms with Gasteiger partial charge in [0.05, 0.1) is 18.6 Å². The molecule has 0 unspecified atom stereocenters. The third-order valence-electron chi connectivity index (χ3n) is 2.15. The van der Waals surface area contributed by atoms with Crippen LogP contribution in [0.2, 0.25) is 0 Å². The Morgan fingerprint density at radius 3 is 2.89 bits per heavy atom. The molecule has 2 aromatic rings. The van der Waals surface area contributed by atoms with E-state index in [1.165, 1.54) is 7.11 Å². The van der Waals surface area contributed by atoms with Gasteiger partial charge in [-0.05, 0) is 0 Å². The average Bonchev–Trinajstić information content (AvgIpc) is 2.81. The average molecular weight is 266 g/mol. The molecule has 19 heavy (non-hydrogen) atoms. The molecule has 0 radical (unpaired) electrons. The van der Waals surface area contributed by atoms with Crippen molar-refractivity contribution < 1.29 is 14.2 Å². The fourth-order valence-electron chi connectivity index (χ4n) is 1.38. The van der Waals surface area contributed by atoms with Crippen molar-refractivity contribution in [2.24, 2.45) is 0 Å². The number of nitrogens with one attached hydrogen (secondary N) is 1. The number of anilines is 1. The SMILES string of the molecule is COc1ncnc(NCc2noc(C)n2)c1[N+](=O)[O-]. The Bertz CT molecular complexity index is 598. The molecule has 10 nitrogen and oxygen atoms in total. The van der Waals surface area contributed by atoms with E-state index in [2.05, 4.69) is 25.4 Å². The molecular formula is C9H10N6O4.